The van der Waals surface area contributed by atoms with Crippen LogP contribution >= 0.6 is 15.9 Å². The number of imidazole rings is 1. The lowest BCUT2D eigenvalue weighted by Crippen LogP contribution is -2.01. The molecule has 0 bridgehead atoms. The molecule has 0 amide bonds. The van der Waals surface area contributed by atoms with Gasteiger partial charge in [0.05, 0.1) is 16.7 Å². The van der Waals surface area contributed by atoms with E-state index in [1.165, 1.54) is 11.1 Å². The lowest BCUT2D eigenvalue weighted by Gasteiger charge is -2.08. The number of hydrogen-bond donors (Lipinski definition) is 1. The summed E-state index contributed by atoms with van der Waals surface area (Å²) in [6.45, 7) is 4.13. The zero-order valence-electron chi connectivity index (χ0n) is 10.8. The maximum atomic E-state index is 6.07. The Labute approximate surface area is 120 Å². The second-order valence-corrected chi connectivity index (χ2v) is 5.70. The van der Waals surface area contributed by atoms with Crippen LogP contribution in [0.4, 0.5) is 5.95 Å². The number of hydrogen-bond acceptors (Lipinski definition) is 2. The number of aromatic nitrogens is 2. The van der Waals surface area contributed by atoms with Crippen LogP contribution in [0.5, 0.6) is 0 Å². The van der Waals surface area contributed by atoms with E-state index >= 15 is 0 Å². The first-order valence-corrected chi connectivity index (χ1v) is 6.86. The standard InChI is InChI=1S/C15H14BrN3/c1-9-3-4-13-14(7-9)19(15(17)18-13)12-6-10(2)5-11(16)8-12/h3-8H,1-2H3,(H2,17,18). The van der Waals surface area contributed by atoms with Crippen molar-refractivity contribution in [1.29, 1.82) is 0 Å². The summed E-state index contributed by atoms with van der Waals surface area (Å²) >= 11 is 3.53. The van der Waals surface area contributed by atoms with Crippen LogP contribution in [0.15, 0.2) is 40.9 Å². The highest BCUT2D eigenvalue weighted by Gasteiger charge is 2.10. The molecule has 0 unspecified atom stereocenters. The summed E-state index contributed by atoms with van der Waals surface area (Å²) in [7, 11) is 0. The third-order valence-corrected chi connectivity index (χ3v) is 3.58. The van der Waals surface area contributed by atoms with E-state index in [4.69, 9.17) is 5.73 Å². The van der Waals surface area contributed by atoms with Crippen LogP contribution in [0.1, 0.15) is 11.1 Å². The third kappa shape index (κ3) is 2.12. The number of anilines is 1. The highest BCUT2D eigenvalue weighted by molar-refractivity contribution is 9.10. The number of halogens is 1. The molecule has 1 heterocycles. The van der Waals surface area contributed by atoms with E-state index in [9.17, 15) is 0 Å². The molecule has 0 aliphatic carbocycles. The first-order valence-electron chi connectivity index (χ1n) is 6.07. The van der Waals surface area contributed by atoms with Gasteiger partial charge in [-0.25, -0.2) is 4.98 Å². The Kier molecular flexibility index (Phi) is 2.82. The van der Waals surface area contributed by atoms with Gasteiger partial charge in [-0.15, -0.1) is 0 Å². The zero-order valence-corrected chi connectivity index (χ0v) is 12.4. The van der Waals surface area contributed by atoms with Crippen LogP contribution in [0.2, 0.25) is 0 Å². The summed E-state index contributed by atoms with van der Waals surface area (Å²) in [6.07, 6.45) is 0. The maximum absolute atomic E-state index is 6.07. The van der Waals surface area contributed by atoms with Gasteiger partial charge in [-0.2, -0.15) is 0 Å². The second kappa shape index (κ2) is 4.38. The Bertz CT molecular complexity index is 754. The molecule has 0 radical (unpaired) electrons. The summed E-state index contributed by atoms with van der Waals surface area (Å²) < 4.78 is 3.02. The third-order valence-electron chi connectivity index (χ3n) is 3.12. The molecule has 0 atom stereocenters. The molecular formula is C15H14BrN3. The Morgan fingerprint density at radius 2 is 1.84 bits per heavy atom. The monoisotopic (exact) mass is 315 g/mol. The van der Waals surface area contributed by atoms with Crippen LogP contribution in [0.25, 0.3) is 16.7 Å². The van der Waals surface area contributed by atoms with Gasteiger partial charge < -0.3 is 5.73 Å². The van der Waals surface area contributed by atoms with E-state index in [0.29, 0.717) is 5.95 Å². The van der Waals surface area contributed by atoms with Crippen molar-refractivity contribution in [2.45, 2.75) is 13.8 Å². The van der Waals surface area contributed by atoms with Crippen molar-refractivity contribution in [3.05, 3.63) is 52.0 Å². The average Bonchev–Trinajstić information content (AvgIpc) is 2.63. The smallest absolute Gasteiger partial charge is 0.205 e. The molecule has 3 aromatic rings. The number of aryl methyl sites for hydroxylation is 2. The van der Waals surface area contributed by atoms with E-state index < -0.39 is 0 Å². The molecule has 0 spiro atoms. The van der Waals surface area contributed by atoms with Gasteiger partial charge >= 0.3 is 0 Å². The summed E-state index contributed by atoms with van der Waals surface area (Å²) in [6, 6.07) is 12.4. The van der Waals surface area contributed by atoms with Gasteiger partial charge in [-0.1, -0.05) is 22.0 Å². The highest BCUT2D eigenvalue weighted by Crippen LogP contribution is 2.26. The van der Waals surface area contributed by atoms with Crippen molar-refractivity contribution in [2.75, 3.05) is 5.73 Å². The van der Waals surface area contributed by atoms with Crippen LogP contribution in [0.3, 0.4) is 0 Å². The molecule has 96 valence electrons. The minimum absolute atomic E-state index is 0.512. The summed E-state index contributed by atoms with van der Waals surface area (Å²) in [5.41, 5.74) is 11.4. The molecule has 3 rings (SSSR count). The average molecular weight is 316 g/mol. The Morgan fingerprint density at radius 3 is 2.58 bits per heavy atom. The normalized spacial score (nSPS) is 11.1. The minimum Gasteiger partial charge on any atom is -0.369 e. The lowest BCUT2D eigenvalue weighted by molar-refractivity contribution is 1.10. The summed E-state index contributed by atoms with van der Waals surface area (Å²) in [5, 5.41) is 0. The Morgan fingerprint density at radius 1 is 1.05 bits per heavy atom. The van der Waals surface area contributed by atoms with Gasteiger partial charge in [-0.05, 0) is 55.3 Å². The fourth-order valence-corrected chi connectivity index (χ4v) is 2.92. The van der Waals surface area contributed by atoms with Crippen LogP contribution < -0.4 is 5.73 Å². The molecule has 0 fully saturated rings. The largest absolute Gasteiger partial charge is 0.369 e. The van der Waals surface area contributed by atoms with Crippen molar-refractivity contribution < 1.29 is 0 Å². The molecule has 2 N–H and O–H groups in total. The van der Waals surface area contributed by atoms with Gasteiger partial charge in [0.1, 0.15) is 0 Å². The lowest BCUT2D eigenvalue weighted by atomic mass is 10.2. The Hall–Kier alpha value is -1.81. The van der Waals surface area contributed by atoms with Crippen molar-refractivity contribution in [1.82, 2.24) is 9.55 Å². The van der Waals surface area contributed by atoms with Gasteiger partial charge in [0.25, 0.3) is 0 Å². The van der Waals surface area contributed by atoms with E-state index in [1.807, 2.05) is 22.8 Å². The number of fused-ring (bicyclic) bond motifs is 1. The Balaban J connectivity index is 2.35. The zero-order chi connectivity index (χ0) is 13.6. The first kappa shape index (κ1) is 12.2. The SMILES string of the molecule is Cc1cc(Br)cc(-n2c(N)nc3ccc(C)cc32)c1. The molecule has 2 aromatic carbocycles. The van der Waals surface area contributed by atoms with Crippen LogP contribution in [-0.4, -0.2) is 9.55 Å². The van der Waals surface area contributed by atoms with Crippen molar-refractivity contribution >= 4 is 32.9 Å². The highest BCUT2D eigenvalue weighted by atomic mass is 79.9. The molecule has 0 saturated carbocycles. The van der Waals surface area contributed by atoms with E-state index in [1.54, 1.807) is 0 Å². The molecule has 3 nitrogen and oxygen atoms in total. The summed E-state index contributed by atoms with van der Waals surface area (Å²) in [4.78, 5) is 4.42. The molecule has 0 saturated heterocycles. The molecular weight excluding hydrogens is 302 g/mol. The fourth-order valence-electron chi connectivity index (χ4n) is 2.32. The maximum Gasteiger partial charge on any atom is 0.205 e. The van der Waals surface area contributed by atoms with E-state index in [2.05, 4.69) is 53.0 Å². The number of nitrogen functional groups attached to an aromatic ring is 1. The number of nitrogens with two attached hydrogens (primary N) is 1. The minimum atomic E-state index is 0.512. The number of nitrogens with zero attached hydrogens (tertiary/aromatic N) is 2. The second-order valence-electron chi connectivity index (χ2n) is 4.78. The van der Waals surface area contributed by atoms with Crippen molar-refractivity contribution in [3.8, 4) is 5.69 Å². The summed E-state index contributed by atoms with van der Waals surface area (Å²) in [5.74, 6) is 0.512. The van der Waals surface area contributed by atoms with Gasteiger partial charge in [0.2, 0.25) is 5.95 Å². The number of rotatable bonds is 1. The fraction of sp³-hybridized carbons (Fsp3) is 0.133. The van der Waals surface area contributed by atoms with Crippen molar-refractivity contribution in [3.63, 3.8) is 0 Å². The molecule has 19 heavy (non-hydrogen) atoms. The topological polar surface area (TPSA) is 43.8 Å². The van der Waals surface area contributed by atoms with Crippen LogP contribution in [-0.2, 0) is 0 Å². The van der Waals surface area contributed by atoms with Gasteiger partial charge in [0.15, 0.2) is 0 Å². The van der Waals surface area contributed by atoms with E-state index in [-0.39, 0.29) is 0 Å². The predicted molar refractivity (Wildman–Crippen MR) is 82.7 cm³/mol. The predicted octanol–water partition coefficient (Wildman–Crippen LogP) is 3.99. The number of benzene rings is 2. The first-order chi connectivity index (χ1) is 9.04. The van der Waals surface area contributed by atoms with Crippen LogP contribution in [0, 0.1) is 13.8 Å². The van der Waals surface area contributed by atoms with Crippen molar-refractivity contribution in [2.24, 2.45) is 0 Å². The molecule has 0 aliphatic heterocycles. The molecule has 4 heteroatoms. The van der Waals surface area contributed by atoms with Gasteiger partial charge in [0, 0.05) is 4.47 Å². The van der Waals surface area contributed by atoms with E-state index in [0.717, 1.165) is 21.2 Å². The van der Waals surface area contributed by atoms with Gasteiger partial charge in [-0.3, -0.25) is 4.57 Å². The molecule has 0 aliphatic rings. The quantitative estimate of drug-likeness (QED) is 0.738. The molecule has 1 aromatic heterocycles.